The normalized spacial score (nSPS) is 23.0. The summed E-state index contributed by atoms with van der Waals surface area (Å²) in [6.45, 7) is 0.706. The van der Waals surface area contributed by atoms with Crippen LogP contribution < -0.4 is 5.32 Å². The van der Waals surface area contributed by atoms with Crippen LogP contribution in [0, 0.1) is 3.57 Å². The highest BCUT2D eigenvalue weighted by Gasteiger charge is 2.26. The third-order valence-electron chi connectivity index (χ3n) is 4.13. The van der Waals surface area contributed by atoms with E-state index in [0.29, 0.717) is 12.5 Å². The number of nitrogens with one attached hydrogen (secondary N) is 1. The Kier molecular flexibility index (Phi) is 5.18. The zero-order chi connectivity index (χ0) is 16.1. The molecule has 1 aliphatic carbocycles. The van der Waals surface area contributed by atoms with Gasteiger partial charge in [0, 0.05) is 22.3 Å². The van der Waals surface area contributed by atoms with Gasteiger partial charge in [0.15, 0.2) is 0 Å². The van der Waals surface area contributed by atoms with Crippen LogP contribution in [-0.4, -0.2) is 19.3 Å². The molecule has 0 amide bonds. The van der Waals surface area contributed by atoms with Gasteiger partial charge in [-0.05, 0) is 46.4 Å². The first-order valence-electron chi connectivity index (χ1n) is 7.69. The Morgan fingerprint density at radius 3 is 2.43 bits per heavy atom. The molecule has 2 aromatic carbocycles. The number of rotatable bonds is 5. The van der Waals surface area contributed by atoms with Gasteiger partial charge in [0.25, 0.3) is 0 Å². The lowest BCUT2D eigenvalue weighted by Crippen LogP contribution is -2.36. The molecule has 0 heterocycles. The maximum absolute atomic E-state index is 5.78. The average molecular weight is 417 g/mol. The Bertz CT molecular complexity index is 695. The molecule has 0 saturated heterocycles. The number of methoxy groups -OCH3 is 1. The number of hydrogen-bond acceptors (Lipinski definition) is 2. The summed E-state index contributed by atoms with van der Waals surface area (Å²) in [5, 5.41) is 3.47. The van der Waals surface area contributed by atoms with Gasteiger partial charge in [-0.2, -0.15) is 0 Å². The molecule has 0 unspecified atom stereocenters. The van der Waals surface area contributed by atoms with Crippen molar-refractivity contribution in [2.75, 3.05) is 19.0 Å². The number of ether oxygens (including phenoxy) is 1. The zero-order valence-corrected chi connectivity index (χ0v) is 15.2. The first-order chi connectivity index (χ1) is 11.2. The fourth-order valence-electron chi connectivity index (χ4n) is 2.72. The van der Waals surface area contributed by atoms with E-state index in [1.807, 2.05) is 6.07 Å². The van der Waals surface area contributed by atoms with Crippen molar-refractivity contribution in [3.8, 4) is 0 Å². The second kappa shape index (κ2) is 7.32. The Morgan fingerprint density at radius 1 is 1.04 bits per heavy atom. The highest BCUT2D eigenvalue weighted by atomic mass is 127. The lowest BCUT2D eigenvalue weighted by Gasteiger charge is -2.30. The van der Waals surface area contributed by atoms with Crippen LogP contribution in [0.4, 0.5) is 5.69 Å². The summed E-state index contributed by atoms with van der Waals surface area (Å²) in [6, 6.07) is 18.9. The van der Waals surface area contributed by atoms with Gasteiger partial charge < -0.3 is 10.1 Å². The summed E-state index contributed by atoms with van der Waals surface area (Å²) >= 11 is 2.32. The lowest BCUT2D eigenvalue weighted by atomic mass is 9.88. The van der Waals surface area contributed by atoms with E-state index in [-0.39, 0.29) is 0 Å². The minimum atomic E-state index is -0.396. The van der Waals surface area contributed by atoms with Crippen LogP contribution in [0.25, 0.3) is 0 Å². The molecule has 0 radical (unpaired) electrons. The highest BCUT2D eigenvalue weighted by molar-refractivity contribution is 14.1. The van der Waals surface area contributed by atoms with E-state index in [9.17, 15) is 0 Å². The van der Waals surface area contributed by atoms with Crippen molar-refractivity contribution in [2.45, 2.75) is 11.5 Å². The summed E-state index contributed by atoms with van der Waals surface area (Å²) in [5.41, 5.74) is 2.02. The predicted molar refractivity (Wildman–Crippen MR) is 105 cm³/mol. The van der Waals surface area contributed by atoms with E-state index in [4.69, 9.17) is 4.74 Å². The zero-order valence-electron chi connectivity index (χ0n) is 13.1. The smallest absolute Gasteiger partial charge is 0.121 e. The number of hydrogen-bond donors (Lipinski definition) is 1. The quantitative estimate of drug-likeness (QED) is 0.546. The summed E-state index contributed by atoms with van der Waals surface area (Å²) in [7, 11) is 1.76. The van der Waals surface area contributed by atoms with Crippen LogP contribution in [0.5, 0.6) is 0 Å². The molecule has 0 atom stereocenters. The fourth-order valence-corrected chi connectivity index (χ4v) is 3.26. The van der Waals surface area contributed by atoms with E-state index < -0.39 is 5.60 Å². The average Bonchev–Trinajstić information content (AvgIpc) is 2.61. The summed E-state index contributed by atoms with van der Waals surface area (Å²) in [5.74, 6) is 0.317. The predicted octanol–water partition coefficient (Wildman–Crippen LogP) is 5.00. The van der Waals surface area contributed by atoms with Gasteiger partial charge in [0.1, 0.15) is 5.60 Å². The van der Waals surface area contributed by atoms with Gasteiger partial charge in [-0.15, -0.1) is 0 Å². The minimum absolute atomic E-state index is 0.317. The van der Waals surface area contributed by atoms with E-state index in [0.717, 1.165) is 5.69 Å². The maximum Gasteiger partial charge on any atom is 0.121 e. The second-order valence-electron chi connectivity index (χ2n) is 5.68. The first kappa shape index (κ1) is 16.3. The molecule has 0 bridgehead atoms. The van der Waals surface area contributed by atoms with Crippen molar-refractivity contribution >= 4 is 28.3 Å². The molecule has 1 aliphatic rings. The van der Waals surface area contributed by atoms with E-state index in [2.05, 4.69) is 101 Å². The summed E-state index contributed by atoms with van der Waals surface area (Å²) < 4.78 is 7.00. The fraction of sp³-hybridized carbons (Fsp3) is 0.200. The molecule has 2 nitrogen and oxygen atoms in total. The number of benzene rings is 2. The Morgan fingerprint density at radius 2 is 1.78 bits per heavy atom. The Labute approximate surface area is 151 Å². The molecule has 0 saturated carbocycles. The largest absolute Gasteiger partial charge is 0.381 e. The van der Waals surface area contributed by atoms with Crippen molar-refractivity contribution in [2.24, 2.45) is 0 Å². The monoisotopic (exact) mass is 417 g/mol. The van der Waals surface area contributed by atoms with Crippen molar-refractivity contribution in [3.63, 3.8) is 0 Å². The van der Waals surface area contributed by atoms with Gasteiger partial charge in [-0.25, -0.2) is 0 Å². The van der Waals surface area contributed by atoms with Crippen LogP contribution in [0.3, 0.4) is 0 Å². The van der Waals surface area contributed by atoms with Gasteiger partial charge in [-0.3, -0.25) is 0 Å². The molecule has 0 spiro atoms. The third kappa shape index (κ3) is 4.03. The molecule has 0 fully saturated rings. The molecule has 1 N–H and O–H groups in total. The minimum Gasteiger partial charge on any atom is -0.381 e. The number of anilines is 1. The molecule has 3 rings (SSSR count). The van der Waals surface area contributed by atoms with E-state index in [1.165, 1.54) is 9.13 Å². The molecule has 3 heteroatoms. The summed E-state index contributed by atoms with van der Waals surface area (Å²) in [4.78, 5) is 0. The van der Waals surface area contributed by atoms with Gasteiger partial charge in [0.2, 0.25) is 0 Å². The number of allylic oxidation sites excluding steroid dienone is 2. The topological polar surface area (TPSA) is 21.3 Å². The van der Waals surface area contributed by atoms with Crippen molar-refractivity contribution in [1.29, 1.82) is 0 Å². The van der Waals surface area contributed by atoms with Gasteiger partial charge >= 0.3 is 0 Å². The standard InChI is InChI=1S/C20H20INO/c1-23-20(15-22-19-9-5-8-18(21)14-19)12-10-17(11-13-20)16-6-3-2-4-7-16/h2-14,17,22H,15H2,1H3. The Balaban J connectivity index is 1.70. The van der Waals surface area contributed by atoms with Crippen LogP contribution in [0.1, 0.15) is 11.5 Å². The third-order valence-corrected chi connectivity index (χ3v) is 4.80. The molecule has 0 aromatic heterocycles. The van der Waals surface area contributed by atoms with Gasteiger partial charge in [0.05, 0.1) is 6.54 Å². The van der Waals surface area contributed by atoms with Crippen LogP contribution in [0.15, 0.2) is 78.9 Å². The molecule has 118 valence electrons. The van der Waals surface area contributed by atoms with Crippen LogP contribution in [-0.2, 0) is 4.74 Å². The van der Waals surface area contributed by atoms with Crippen molar-refractivity contribution in [1.82, 2.24) is 0 Å². The van der Waals surface area contributed by atoms with E-state index >= 15 is 0 Å². The number of halogens is 1. The van der Waals surface area contributed by atoms with Crippen molar-refractivity contribution in [3.05, 3.63) is 88.0 Å². The molecule has 23 heavy (non-hydrogen) atoms. The molecular formula is C20H20INO. The maximum atomic E-state index is 5.78. The molecule has 2 aromatic rings. The summed E-state index contributed by atoms with van der Waals surface area (Å²) in [6.07, 6.45) is 8.75. The van der Waals surface area contributed by atoms with Crippen LogP contribution in [0.2, 0.25) is 0 Å². The molecule has 0 aliphatic heterocycles. The van der Waals surface area contributed by atoms with Gasteiger partial charge in [-0.1, -0.05) is 60.7 Å². The first-order valence-corrected chi connectivity index (χ1v) is 8.77. The SMILES string of the molecule is COC1(CNc2cccc(I)c2)C=CC(c2ccccc2)C=C1. The Hall–Kier alpha value is -1.59. The van der Waals surface area contributed by atoms with Crippen molar-refractivity contribution < 1.29 is 4.74 Å². The van der Waals surface area contributed by atoms with Crippen LogP contribution >= 0.6 is 22.6 Å². The molecular weight excluding hydrogens is 397 g/mol. The van der Waals surface area contributed by atoms with E-state index in [1.54, 1.807) is 7.11 Å². The lowest BCUT2D eigenvalue weighted by molar-refractivity contribution is 0.0836. The highest BCUT2D eigenvalue weighted by Crippen LogP contribution is 2.28. The second-order valence-corrected chi connectivity index (χ2v) is 6.92.